The maximum Gasteiger partial charge on any atom is 0.229 e. The Bertz CT molecular complexity index is 1190. The Hall–Kier alpha value is -2.91. The summed E-state index contributed by atoms with van der Waals surface area (Å²) in [4.78, 5) is 39.9. The highest BCUT2D eigenvalue weighted by Gasteiger charge is 2.44. The molecule has 0 aromatic heterocycles. The molecule has 8 nitrogen and oxygen atoms in total. The van der Waals surface area contributed by atoms with Crippen molar-refractivity contribution in [3.05, 3.63) is 63.7 Å². The smallest absolute Gasteiger partial charge is 0.229 e. The summed E-state index contributed by atoms with van der Waals surface area (Å²) in [7, 11) is 0. The molecule has 172 valence electrons. The molecule has 8 heteroatoms. The molecule has 5 rings (SSSR count). The molecule has 1 fully saturated rings. The van der Waals surface area contributed by atoms with Crippen LogP contribution < -0.4 is 4.74 Å². The van der Waals surface area contributed by atoms with Crippen molar-refractivity contribution in [3.63, 3.8) is 0 Å². The molecule has 1 heterocycles. The Balaban J connectivity index is 1.59. The van der Waals surface area contributed by atoms with Gasteiger partial charge in [0.15, 0.2) is 17.3 Å². The quantitative estimate of drug-likeness (QED) is 0.532. The average Bonchev–Trinajstić information content (AvgIpc) is 2.78. The second-order valence-corrected chi connectivity index (χ2v) is 9.10. The molecule has 0 amide bonds. The van der Waals surface area contributed by atoms with Crippen molar-refractivity contribution >= 4 is 17.3 Å². The Kier molecular flexibility index (Phi) is 5.21. The lowest BCUT2D eigenvalue weighted by atomic mass is 9.74. The molecule has 2 aliphatic carbocycles. The third-order valence-electron chi connectivity index (χ3n) is 6.69. The van der Waals surface area contributed by atoms with Gasteiger partial charge in [-0.05, 0) is 37.0 Å². The van der Waals surface area contributed by atoms with Crippen LogP contribution >= 0.6 is 0 Å². The van der Waals surface area contributed by atoms with Crippen LogP contribution in [0.1, 0.15) is 68.0 Å². The van der Waals surface area contributed by atoms with Crippen LogP contribution in [0.4, 0.5) is 0 Å². The second kappa shape index (κ2) is 7.85. The van der Waals surface area contributed by atoms with Crippen LogP contribution in [0.5, 0.6) is 5.75 Å². The van der Waals surface area contributed by atoms with Gasteiger partial charge in [-0.25, -0.2) is 0 Å². The molecular formula is C25H24O8. The summed E-state index contributed by atoms with van der Waals surface area (Å²) in [5, 5.41) is 30.3. The summed E-state index contributed by atoms with van der Waals surface area (Å²) >= 11 is 0. The van der Waals surface area contributed by atoms with Crippen LogP contribution in [-0.4, -0.2) is 63.4 Å². The Morgan fingerprint density at radius 3 is 2.30 bits per heavy atom. The number of Topliss-reactive ketones (excluding diaryl/α,β-unsaturated/α-hetero) is 1. The van der Waals surface area contributed by atoms with Gasteiger partial charge in [0.1, 0.15) is 24.1 Å². The van der Waals surface area contributed by atoms with Gasteiger partial charge < -0.3 is 24.8 Å². The van der Waals surface area contributed by atoms with Crippen LogP contribution in [0.2, 0.25) is 0 Å². The fourth-order valence-electron chi connectivity index (χ4n) is 4.98. The summed E-state index contributed by atoms with van der Waals surface area (Å²) < 4.78 is 11.3. The Labute approximate surface area is 189 Å². The van der Waals surface area contributed by atoms with Crippen molar-refractivity contribution in [2.75, 3.05) is 0 Å². The number of aliphatic hydroxyl groups is 3. The second-order valence-electron chi connectivity index (χ2n) is 9.10. The highest BCUT2D eigenvalue weighted by Crippen LogP contribution is 2.39. The zero-order chi connectivity index (χ0) is 23.6. The maximum absolute atomic E-state index is 13.7. The minimum Gasteiger partial charge on any atom is -0.461 e. The van der Waals surface area contributed by atoms with Crippen LogP contribution in [0.3, 0.4) is 0 Å². The fraction of sp³-hybridized carbons (Fsp3) is 0.400. The van der Waals surface area contributed by atoms with Crippen molar-refractivity contribution in [3.8, 4) is 5.75 Å². The largest absolute Gasteiger partial charge is 0.461 e. The SMILES string of the molecule is CC1CC(=O)c2c(ccc3c2C(=O)c2c(O[C@@H]4O[C@@H](C)[C@H](O)[C@@H](O)[C@H]4O)cccc2C3=O)C1. The van der Waals surface area contributed by atoms with Crippen molar-refractivity contribution in [1.29, 1.82) is 0 Å². The van der Waals surface area contributed by atoms with Gasteiger partial charge in [0.25, 0.3) is 0 Å². The minimum absolute atomic E-state index is 0.00873. The van der Waals surface area contributed by atoms with E-state index < -0.39 is 42.3 Å². The molecule has 1 saturated heterocycles. The van der Waals surface area contributed by atoms with Crippen molar-refractivity contribution in [2.24, 2.45) is 5.92 Å². The third kappa shape index (κ3) is 3.33. The van der Waals surface area contributed by atoms with E-state index in [-0.39, 0.29) is 39.7 Å². The molecule has 1 aliphatic heterocycles. The first-order chi connectivity index (χ1) is 15.7. The summed E-state index contributed by atoms with van der Waals surface area (Å²) in [6.07, 6.45) is -5.66. The van der Waals surface area contributed by atoms with Gasteiger partial charge in [0, 0.05) is 28.7 Å². The Morgan fingerprint density at radius 1 is 0.818 bits per heavy atom. The highest BCUT2D eigenvalue weighted by molar-refractivity contribution is 6.32. The van der Waals surface area contributed by atoms with Crippen molar-refractivity contribution in [1.82, 2.24) is 0 Å². The topological polar surface area (TPSA) is 130 Å². The number of fused-ring (bicyclic) bond motifs is 4. The molecule has 0 spiro atoms. The number of rotatable bonds is 2. The summed E-state index contributed by atoms with van der Waals surface area (Å²) in [5.74, 6) is -0.925. The van der Waals surface area contributed by atoms with Crippen LogP contribution in [-0.2, 0) is 11.2 Å². The molecule has 0 saturated carbocycles. The Morgan fingerprint density at radius 2 is 1.55 bits per heavy atom. The van der Waals surface area contributed by atoms with Crippen molar-refractivity contribution in [2.45, 2.75) is 57.4 Å². The molecular weight excluding hydrogens is 428 g/mol. The predicted molar refractivity (Wildman–Crippen MR) is 115 cm³/mol. The van der Waals surface area contributed by atoms with E-state index in [1.54, 1.807) is 18.2 Å². The highest BCUT2D eigenvalue weighted by atomic mass is 16.7. The number of hydrogen-bond donors (Lipinski definition) is 3. The van der Waals surface area contributed by atoms with Gasteiger partial charge in [-0.2, -0.15) is 0 Å². The zero-order valence-electron chi connectivity index (χ0n) is 18.1. The lowest BCUT2D eigenvalue weighted by molar-refractivity contribution is -0.268. The molecule has 0 bridgehead atoms. The molecule has 0 radical (unpaired) electrons. The van der Waals surface area contributed by atoms with E-state index in [0.29, 0.717) is 18.4 Å². The summed E-state index contributed by atoms with van der Waals surface area (Å²) in [6, 6.07) is 7.86. The normalized spacial score (nSPS) is 31.0. The lowest BCUT2D eigenvalue weighted by Crippen LogP contribution is -2.58. The maximum atomic E-state index is 13.7. The van der Waals surface area contributed by atoms with Crippen molar-refractivity contribution < 1.29 is 39.2 Å². The van der Waals surface area contributed by atoms with E-state index in [1.807, 2.05) is 6.92 Å². The van der Waals surface area contributed by atoms with E-state index >= 15 is 0 Å². The average molecular weight is 452 g/mol. The first kappa shape index (κ1) is 21.9. The molecule has 1 unspecified atom stereocenters. The van der Waals surface area contributed by atoms with Gasteiger partial charge in [0.05, 0.1) is 11.7 Å². The van der Waals surface area contributed by atoms with Gasteiger partial charge in [-0.3, -0.25) is 14.4 Å². The number of hydrogen-bond acceptors (Lipinski definition) is 8. The van der Waals surface area contributed by atoms with Gasteiger partial charge in [-0.1, -0.05) is 25.1 Å². The van der Waals surface area contributed by atoms with Gasteiger partial charge in [-0.15, -0.1) is 0 Å². The summed E-state index contributed by atoms with van der Waals surface area (Å²) in [6.45, 7) is 3.48. The summed E-state index contributed by atoms with van der Waals surface area (Å²) in [5.41, 5.74) is 1.43. The standard InChI is InChI=1S/C25H24O8/c1-10-8-12-6-7-14-19(17(12)15(26)9-10)22(29)18-13(21(14)28)4-3-5-16(18)33-25-24(31)23(30)20(27)11(2)32-25/h3-7,10-11,20,23-25,27,30-31H,8-9H2,1-2H3/t10?,11-,20-,23+,24+,25-/m0/s1. The van der Waals surface area contributed by atoms with Crippen LogP contribution in [0.15, 0.2) is 30.3 Å². The van der Waals surface area contributed by atoms with Gasteiger partial charge in [0.2, 0.25) is 6.29 Å². The number of carbonyl (C=O) groups is 3. The zero-order valence-corrected chi connectivity index (χ0v) is 18.1. The monoisotopic (exact) mass is 452 g/mol. The first-order valence-electron chi connectivity index (χ1n) is 11.0. The predicted octanol–water partition coefficient (Wildman–Crippen LogP) is 1.43. The molecule has 2 aromatic rings. The number of ketones is 3. The molecule has 3 N–H and O–H groups in total. The van der Waals surface area contributed by atoms with E-state index in [0.717, 1.165) is 5.56 Å². The minimum atomic E-state index is -1.58. The van der Waals surface area contributed by atoms with E-state index in [4.69, 9.17) is 9.47 Å². The van der Waals surface area contributed by atoms with Gasteiger partial charge >= 0.3 is 0 Å². The van der Waals surface area contributed by atoms with Crippen LogP contribution in [0.25, 0.3) is 0 Å². The number of benzene rings is 2. The number of aliphatic hydroxyl groups excluding tert-OH is 3. The van der Waals surface area contributed by atoms with Crippen LogP contribution in [0, 0.1) is 5.92 Å². The molecule has 33 heavy (non-hydrogen) atoms. The fourth-order valence-corrected chi connectivity index (χ4v) is 4.98. The molecule has 2 aromatic carbocycles. The third-order valence-corrected chi connectivity index (χ3v) is 6.69. The molecule has 3 aliphatic rings. The first-order valence-corrected chi connectivity index (χ1v) is 11.0. The van der Waals surface area contributed by atoms with E-state index in [1.165, 1.54) is 19.1 Å². The number of carbonyl (C=O) groups excluding carboxylic acids is 3. The number of ether oxygens (including phenoxy) is 2. The van der Waals surface area contributed by atoms with E-state index in [2.05, 4.69) is 0 Å². The molecule has 6 atom stereocenters. The van der Waals surface area contributed by atoms with E-state index in [9.17, 15) is 29.7 Å². The lowest BCUT2D eigenvalue weighted by Gasteiger charge is -2.39.